The molecule has 0 radical (unpaired) electrons. The van der Waals surface area contributed by atoms with Crippen molar-refractivity contribution in [2.45, 2.75) is 62.6 Å². The predicted molar refractivity (Wildman–Crippen MR) is 162 cm³/mol. The maximum atomic E-state index is 14.0. The number of rotatable bonds is 10. The number of para-hydroxylation sites is 1. The van der Waals surface area contributed by atoms with Gasteiger partial charge in [-0.25, -0.2) is 8.42 Å². The van der Waals surface area contributed by atoms with E-state index in [1.54, 1.807) is 37.3 Å². The van der Waals surface area contributed by atoms with Gasteiger partial charge in [0.25, 0.3) is 10.0 Å². The van der Waals surface area contributed by atoms with Gasteiger partial charge in [0.1, 0.15) is 12.6 Å². The molecule has 0 spiro atoms. The number of nitrogens with one attached hydrogen (secondary N) is 1. The van der Waals surface area contributed by atoms with Gasteiger partial charge in [0.15, 0.2) is 0 Å². The SMILES string of the molecule is C[C@@H](C(=O)NC1CCCCC1)N(Cc1ccc(Br)cc1)C(=O)CN(c1ccccc1)S(=O)(=O)c1ccc(Cl)cc1. The molecule has 7 nitrogen and oxygen atoms in total. The van der Waals surface area contributed by atoms with Crippen molar-refractivity contribution in [1.82, 2.24) is 10.2 Å². The lowest BCUT2D eigenvalue weighted by Gasteiger charge is -2.33. The summed E-state index contributed by atoms with van der Waals surface area (Å²) >= 11 is 9.42. The predicted octanol–water partition coefficient (Wildman–Crippen LogP) is 6.16. The molecule has 0 heterocycles. The summed E-state index contributed by atoms with van der Waals surface area (Å²) in [5.41, 5.74) is 1.16. The number of amides is 2. The number of benzene rings is 3. The summed E-state index contributed by atoms with van der Waals surface area (Å²) in [5, 5.41) is 3.51. The fourth-order valence-corrected chi connectivity index (χ4v) is 6.60. The molecule has 1 aliphatic rings. The van der Waals surface area contributed by atoms with E-state index in [-0.39, 0.29) is 23.4 Å². The molecule has 1 aliphatic carbocycles. The highest BCUT2D eigenvalue weighted by molar-refractivity contribution is 9.10. The van der Waals surface area contributed by atoms with E-state index in [0.717, 1.165) is 46.4 Å². The van der Waals surface area contributed by atoms with Crippen molar-refractivity contribution >= 4 is 55.1 Å². The van der Waals surface area contributed by atoms with E-state index in [1.807, 2.05) is 24.3 Å². The smallest absolute Gasteiger partial charge is 0.264 e. The molecule has 3 aromatic carbocycles. The average molecular weight is 647 g/mol. The van der Waals surface area contributed by atoms with Gasteiger partial charge in [0.05, 0.1) is 10.6 Å². The van der Waals surface area contributed by atoms with Gasteiger partial charge in [-0.2, -0.15) is 0 Å². The number of nitrogens with zero attached hydrogens (tertiary/aromatic N) is 2. The second kappa shape index (κ2) is 13.7. The summed E-state index contributed by atoms with van der Waals surface area (Å²) < 4.78 is 29.6. The maximum absolute atomic E-state index is 14.0. The van der Waals surface area contributed by atoms with Gasteiger partial charge in [-0.05, 0) is 73.9 Å². The van der Waals surface area contributed by atoms with Crippen LogP contribution in [-0.4, -0.2) is 43.8 Å². The van der Waals surface area contributed by atoms with Crippen LogP contribution in [0.4, 0.5) is 5.69 Å². The van der Waals surface area contributed by atoms with Gasteiger partial charge in [-0.3, -0.25) is 13.9 Å². The summed E-state index contributed by atoms with van der Waals surface area (Å²) in [6.07, 6.45) is 5.12. The standard InChI is InChI=1S/C30H33BrClN3O4S/c1-22(30(37)33-26-8-4-2-5-9-26)34(20-23-12-14-24(31)15-13-23)29(36)21-35(27-10-6-3-7-11-27)40(38,39)28-18-16-25(32)17-19-28/h3,6-7,10-19,22,26H,2,4-5,8-9,20-21H2,1H3,(H,33,37)/t22-/m0/s1. The third-order valence-corrected chi connectivity index (χ3v) is 9.68. The van der Waals surface area contributed by atoms with Crippen LogP contribution in [0.2, 0.25) is 5.02 Å². The first kappa shape index (κ1) is 30.1. The lowest BCUT2D eigenvalue weighted by molar-refractivity contribution is -0.139. The molecular formula is C30H33BrClN3O4S. The zero-order valence-electron chi connectivity index (χ0n) is 22.3. The van der Waals surface area contributed by atoms with E-state index in [9.17, 15) is 18.0 Å². The molecule has 0 bridgehead atoms. The van der Waals surface area contributed by atoms with Crippen LogP contribution in [0.1, 0.15) is 44.6 Å². The van der Waals surface area contributed by atoms with Crippen molar-refractivity contribution in [3.05, 3.63) is 93.9 Å². The van der Waals surface area contributed by atoms with Gasteiger partial charge in [0, 0.05) is 22.1 Å². The largest absolute Gasteiger partial charge is 0.352 e. The first-order valence-electron chi connectivity index (χ1n) is 13.3. The molecule has 0 aromatic heterocycles. The van der Waals surface area contributed by atoms with Crippen LogP contribution in [0, 0.1) is 0 Å². The molecule has 0 unspecified atom stereocenters. The maximum Gasteiger partial charge on any atom is 0.264 e. The lowest BCUT2D eigenvalue weighted by Crippen LogP contribution is -2.53. The normalized spacial score (nSPS) is 14.8. The monoisotopic (exact) mass is 645 g/mol. The number of carbonyl (C=O) groups excluding carboxylic acids is 2. The molecule has 1 N–H and O–H groups in total. The van der Waals surface area contributed by atoms with E-state index in [4.69, 9.17) is 11.6 Å². The first-order chi connectivity index (χ1) is 19.1. The summed E-state index contributed by atoms with van der Waals surface area (Å²) in [4.78, 5) is 28.8. The zero-order valence-corrected chi connectivity index (χ0v) is 25.5. The quantitative estimate of drug-likeness (QED) is 0.286. The third kappa shape index (κ3) is 7.65. The van der Waals surface area contributed by atoms with E-state index in [0.29, 0.717) is 10.7 Å². The van der Waals surface area contributed by atoms with Crippen molar-refractivity contribution in [1.29, 1.82) is 0 Å². The van der Waals surface area contributed by atoms with Crippen LogP contribution in [0.3, 0.4) is 0 Å². The van der Waals surface area contributed by atoms with Crippen LogP contribution in [-0.2, 0) is 26.2 Å². The Morgan fingerprint density at radius 2 is 1.57 bits per heavy atom. The van der Waals surface area contributed by atoms with Crippen molar-refractivity contribution in [3.8, 4) is 0 Å². The molecule has 1 fully saturated rings. The van der Waals surface area contributed by atoms with Crippen molar-refractivity contribution in [2.24, 2.45) is 0 Å². The van der Waals surface area contributed by atoms with Crippen LogP contribution in [0.25, 0.3) is 0 Å². The molecule has 0 saturated heterocycles. The van der Waals surface area contributed by atoms with Crippen molar-refractivity contribution < 1.29 is 18.0 Å². The summed E-state index contributed by atoms with van der Waals surface area (Å²) in [7, 11) is -4.13. The molecule has 0 aliphatic heterocycles. The second-order valence-electron chi connectivity index (χ2n) is 9.97. The molecule has 2 amide bonds. The molecule has 1 saturated carbocycles. The fraction of sp³-hybridized carbons (Fsp3) is 0.333. The Morgan fingerprint density at radius 3 is 2.20 bits per heavy atom. The lowest BCUT2D eigenvalue weighted by atomic mass is 9.95. The Kier molecular flexibility index (Phi) is 10.3. The minimum atomic E-state index is -4.13. The number of halogens is 2. The number of hydrogen-bond acceptors (Lipinski definition) is 4. The van der Waals surface area contributed by atoms with Crippen LogP contribution in [0.15, 0.2) is 88.2 Å². The molecular weight excluding hydrogens is 614 g/mol. The van der Waals surface area contributed by atoms with Gasteiger partial charge >= 0.3 is 0 Å². The zero-order chi connectivity index (χ0) is 28.7. The molecule has 40 heavy (non-hydrogen) atoms. The van der Waals surface area contributed by atoms with Crippen LogP contribution in [0.5, 0.6) is 0 Å². The number of carbonyl (C=O) groups is 2. The van der Waals surface area contributed by atoms with Gasteiger partial charge in [-0.1, -0.05) is 77.1 Å². The Balaban J connectivity index is 1.65. The van der Waals surface area contributed by atoms with Crippen LogP contribution >= 0.6 is 27.5 Å². The third-order valence-electron chi connectivity index (χ3n) is 7.11. The Hall–Kier alpha value is -2.88. The number of sulfonamides is 1. The highest BCUT2D eigenvalue weighted by Gasteiger charge is 2.33. The average Bonchev–Trinajstić information content (AvgIpc) is 2.96. The number of hydrogen-bond donors (Lipinski definition) is 1. The molecule has 3 aromatic rings. The minimum Gasteiger partial charge on any atom is -0.352 e. The summed E-state index contributed by atoms with van der Waals surface area (Å²) in [6.45, 7) is 1.36. The van der Waals surface area contributed by atoms with Crippen molar-refractivity contribution in [3.63, 3.8) is 0 Å². The van der Waals surface area contributed by atoms with E-state index >= 15 is 0 Å². The van der Waals surface area contributed by atoms with E-state index < -0.39 is 28.5 Å². The fourth-order valence-electron chi connectivity index (χ4n) is 4.79. The van der Waals surface area contributed by atoms with Crippen LogP contribution < -0.4 is 9.62 Å². The van der Waals surface area contributed by atoms with Gasteiger partial charge < -0.3 is 10.2 Å². The second-order valence-corrected chi connectivity index (χ2v) is 13.2. The minimum absolute atomic E-state index is 0.0103. The molecule has 212 valence electrons. The topological polar surface area (TPSA) is 86.8 Å². The van der Waals surface area contributed by atoms with Gasteiger partial charge in [-0.15, -0.1) is 0 Å². The molecule has 10 heteroatoms. The number of anilines is 1. The highest BCUT2D eigenvalue weighted by atomic mass is 79.9. The Morgan fingerprint density at radius 1 is 0.950 bits per heavy atom. The van der Waals surface area contributed by atoms with Gasteiger partial charge in [0.2, 0.25) is 11.8 Å². The summed E-state index contributed by atoms with van der Waals surface area (Å²) in [5.74, 6) is -0.736. The summed E-state index contributed by atoms with van der Waals surface area (Å²) in [6, 6.07) is 21.0. The first-order valence-corrected chi connectivity index (χ1v) is 15.9. The molecule has 1 atom stereocenters. The van der Waals surface area contributed by atoms with E-state index in [2.05, 4.69) is 21.2 Å². The van der Waals surface area contributed by atoms with E-state index in [1.165, 1.54) is 29.2 Å². The Labute approximate surface area is 249 Å². The Bertz CT molecular complexity index is 1400. The van der Waals surface area contributed by atoms with Crippen molar-refractivity contribution in [2.75, 3.05) is 10.8 Å². The molecule has 4 rings (SSSR count). The highest BCUT2D eigenvalue weighted by Crippen LogP contribution is 2.26.